The van der Waals surface area contributed by atoms with Gasteiger partial charge in [0.1, 0.15) is 5.58 Å². The quantitative estimate of drug-likeness (QED) is 0.746. The van der Waals surface area contributed by atoms with Crippen LogP contribution in [0.15, 0.2) is 45.6 Å². The van der Waals surface area contributed by atoms with E-state index >= 15 is 0 Å². The van der Waals surface area contributed by atoms with Gasteiger partial charge in [0.05, 0.1) is 10.4 Å². The maximum Gasteiger partial charge on any atom is 0.255 e. The third kappa shape index (κ3) is 3.34. The lowest BCUT2D eigenvalue weighted by Crippen LogP contribution is -2.22. The molecule has 3 rings (SSSR count). The van der Waals surface area contributed by atoms with Crippen LogP contribution in [-0.4, -0.2) is 12.5 Å². The number of rotatable bonds is 4. The van der Waals surface area contributed by atoms with Crippen molar-refractivity contribution in [2.75, 3.05) is 6.61 Å². The van der Waals surface area contributed by atoms with Gasteiger partial charge in [0.2, 0.25) is 11.2 Å². The Hall–Kier alpha value is -2.50. The third-order valence-electron chi connectivity index (χ3n) is 3.61. The van der Waals surface area contributed by atoms with Gasteiger partial charge in [-0.15, -0.1) is 0 Å². The molecule has 0 saturated heterocycles. The summed E-state index contributed by atoms with van der Waals surface area (Å²) in [6.45, 7) is 1.34. The number of hydrogen-bond acceptors (Lipinski definition) is 4. The van der Waals surface area contributed by atoms with E-state index in [1.165, 1.54) is 6.07 Å². The summed E-state index contributed by atoms with van der Waals surface area (Å²) in [4.78, 5) is 23.9. The molecule has 5 nitrogen and oxygen atoms in total. The van der Waals surface area contributed by atoms with Crippen LogP contribution in [0, 0.1) is 6.92 Å². The van der Waals surface area contributed by atoms with Gasteiger partial charge in [-0.3, -0.25) is 9.59 Å². The van der Waals surface area contributed by atoms with E-state index in [4.69, 9.17) is 38.1 Å². The highest BCUT2D eigenvalue weighted by Crippen LogP contribution is 2.36. The molecule has 0 saturated carbocycles. The molecule has 0 aliphatic carbocycles. The molecule has 0 radical (unpaired) electrons. The summed E-state index contributed by atoms with van der Waals surface area (Å²) < 4.78 is 11.2. The summed E-state index contributed by atoms with van der Waals surface area (Å²) in [7, 11) is 0. The molecule has 1 heterocycles. The van der Waals surface area contributed by atoms with E-state index in [1.54, 1.807) is 37.3 Å². The van der Waals surface area contributed by atoms with Crippen LogP contribution in [0.1, 0.15) is 5.56 Å². The van der Waals surface area contributed by atoms with Gasteiger partial charge < -0.3 is 14.9 Å². The number of aryl methyl sites for hydroxylation is 1. The van der Waals surface area contributed by atoms with Gasteiger partial charge >= 0.3 is 0 Å². The first-order valence-electron chi connectivity index (χ1n) is 7.31. The smallest absolute Gasteiger partial charge is 0.255 e. The fourth-order valence-corrected chi connectivity index (χ4v) is 2.78. The average Bonchev–Trinajstić information content (AvgIpc) is 2.56. The van der Waals surface area contributed by atoms with Crippen molar-refractivity contribution < 1.29 is 13.9 Å². The Morgan fingerprint density at radius 3 is 2.60 bits per heavy atom. The molecule has 128 valence electrons. The number of hydrogen-bond donors (Lipinski definition) is 1. The molecule has 1 aromatic heterocycles. The Kier molecular flexibility index (Phi) is 4.70. The van der Waals surface area contributed by atoms with Crippen molar-refractivity contribution in [3.63, 3.8) is 0 Å². The highest BCUT2D eigenvalue weighted by atomic mass is 35.5. The number of carbonyl (C=O) groups excluding carboxylic acids is 1. The summed E-state index contributed by atoms with van der Waals surface area (Å²) in [6.07, 6.45) is 0. The number of halogens is 2. The first-order valence-corrected chi connectivity index (χ1v) is 8.07. The van der Waals surface area contributed by atoms with Gasteiger partial charge in [0, 0.05) is 10.6 Å². The fourth-order valence-electron chi connectivity index (χ4n) is 2.40. The first-order chi connectivity index (χ1) is 11.9. The molecule has 1 amide bonds. The van der Waals surface area contributed by atoms with Crippen LogP contribution in [0.3, 0.4) is 0 Å². The van der Waals surface area contributed by atoms with E-state index in [9.17, 15) is 9.59 Å². The molecule has 2 N–H and O–H groups in total. The molecule has 0 atom stereocenters. The maximum absolute atomic E-state index is 12.9. The van der Waals surface area contributed by atoms with Crippen molar-refractivity contribution in [3.05, 3.63) is 62.2 Å². The van der Waals surface area contributed by atoms with E-state index in [0.29, 0.717) is 21.2 Å². The van der Waals surface area contributed by atoms with E-state index in [-0.39, 0.29) is 16.9 Å². The van der Waals surface area contributed by atoms with E-state index < -0.39 is 17.9 Å². The summed E-state index contributed by atoms with van der Waals surface area (Å²) in [5.41, 5.74) is 6.23. The van der Waals surface area contributed by atoms with Crippen molar-refractivity contribution in [3.8, 4) is 17.1 Å². The predicted molar refractivity (Wildman–Crippen MR) is 97.4 cm³/mol. The largest absolute Gasteiger partial charge is 0.476 e. The molecular weight excluding hydrogens is 365 g/mol. The molecule has 0 aliphatic rings. The molecule has 0 unspecified atom stereocenters. The van der Waals surface area contributed by atoms with Gasteiger partial charge in [-0.2, -0.15) is 0 Å². The minimum absolute atomic E-state index is 0.131. The van der Waals surface area contributed by atoms with E-state index in [0.717, 1.165) is 5.56 Å². The second-order valence-corrected chi connectivity index (χ2v) is 6.24. The highest BCUT2D eigenvalue weighted by Gasteiger charge is 2.20. The van der Waals surface area contributed by atoms with Crippen molar-refractivity contribution in [1.29, 1.82) is 0 Å². The van der Waals surface area contributed by atoms with Crippen LogP contribution in [0.2, 0.25) is 10.0 Å². The van der Waals surface area contributed by atoms with Crippen LogP contribution >= 0.6 is 23.2 Å². The minimum atomic E-state index is -0.716. The number of primary amides is 1. The zero-order valence-corrected chi connectivity index (χ0v) is 14.6. The van der Waals surface area contributed by atoms with Crippen molar-refractivity contribution in [2.24, 2.45) is 5.73 Å². The molecule has 2 aromatic carbocycles. The van der Waals surface area contributed by atoms with Crippen molar-refractivity contribution in [2.45, 2.75) is 6.92 Å². The summed E-state index contributed by atoms with van der Waals surface area (Å²) in [5, 5.41) is 1.04. The lowest BCUT2D eigenvalue weighted by Gasteiger charge is -2.12. The monoisotopic (exact) mass is 377 g/mol. The molecule has 3 aromatic rings. The summed E-state index contributed by atoms with van der Waals surface area (Å²) >= 11 is 12.3. The van der Waals surface area contributed by atoms with Crippen LogP contribution < -0.4 is 15.9 Å². The SMILES string of the molecule is Cc1cc2oc(-c3ccccc3Cl)c(OCC(N)=O)c(=O)c2cc1Cl. The number of nitrogens with two attached hydrogens (primary N) is 1. The van der Waals surface area contributed by atoms with Gasteiger partial charge in [-0.1, -0.05) is 35.3 Å². The Labute approximate surface area is 152 Å². The van der Waals surface area contributed by atoms with Gasteiger partial charge in [0.15, 0.2) is 12.4 Å². The normalized spacial score (nSPS) is 10.8. The topological polar surface area (TPSA) is 82.5 Å². The third-order valence-corrected chi connectivity index (χ3v) is 4.34. The second-order valence-electron chi connectivity index (χ2n) is 5.42. The van der Waals surface area contributed by atoms with Crippen LogP contribution in [0.5, 0.6) is 5.75 Å². The summed E-state index contributed by atoms with van der Waals surface area (Å²) in [6, 6.07) is 10.0. The molecular formula is C18H13Cl2NO4. The highest BCUT2D eigenvalue weighted by molar-refractivity contribution is 6.33. The van der Waals surface area contributed by atoms with Crippen LogP contribution in [0.25, 0.3) is 22.3 Å². The predicted octanol–water partition coefficient (Wildman–Crippen LogP) is 3.94. The van der Waals surface area contributed by atoms with E-state index in [2.05, 4.69) is 0 Å². The Bertz CT molecular complexity index is 1040. The number of amides is 1. The first kappa shape index (κ1) is 17.3. The number of ether oxygens (including phenoxy) is 1. The van der Waals surface area contributed by atoms with Crippen LogP contribution in [-0.2, 0) is 4.79 Å². The van der Waals surface area contributed by atoms with Gasteiger partial charge in [-0.25, -0.2) is 0 Å². The average molecular weight is 378 g/mol. The van der Waals surface area contributed by atoms with Crippen molar-refractivity contribution >= 4 is 40.1 Å². The zero-order valence-electron chi connectivity index (χ0n) is 13.1. The van der Waals surface area contributed by atoms with Crippen LogP contribution in [0.4, 0.5) is 0 Å². The minimum Gasteiger partial charge on any atom is -0.476 e. The number of fused-ring (bicyclic) bond motifs is 1. The van der Waals surface area contributed by atoms with Gasteiger partial charge in [0.25, 0.3) is 5.91 Å². The molecule has 0 bridgehead atoms. The Morgan fingerprint density at radius 1 is 1.20 bits per heavy atom. The fraction of sp³-hybridized carbons (Fsp3) is 0.111. The second kappa shape index (κ2) is 6.78. The van der Waals surface area contributed by atoms with Crippen molar-refractivity contribution in [1.82, 2.24) is 0 Å². The summed E-state index contributed by atoms with van der Waals surface area (Å²) in [5.74, 6) is -0.725. The molecule has 7 heteroatoms. The number of benzene rings is 2. The molecule has 0 fully saturated rings. The van der Waals surface area contributed by atoms with E-state index in [1.807, 2.05) is 0 Å². The molecule has 0 spiro atoms. The Morgan fingerprint density at radius 2 is 1.92 bits per heavy atom. The Balaban J connectivity index is 2.34. The molecule has 0 aliphatic heterocycles. The standard InChI is InChI=1S/C18H13Cl2NO4/c1-9-6-14-11(7-13(9)20)16(23)18(24-8-15(21)22)17(25-14)10-4-2-3-5-12(10)19/h2-7H,8H2,1H3,(H2,21,22). The number of carbonyl (C=O) groups is 1. The molecule has 25 heavy (non-hydrogen) atoms. The lowest BCUT2D eigenvalue weighted by atomic mass is 10.1. The zero-order chi connectivity index (χ0) is 18.1. The van der Waals surface area contributed by atoms with Gasteiger partial charge in [-0.05, 0) is 36.8 Å². The maximum atomic E-state index is 12.9. The lowest BCUT2D eigenvalue weighted by molar-refractivity contribution is -0.119.